The molecule has 1 aromatic carbocycles. The summed E-state index contributed by atoms with van der Waals surface area (Å²) in [6, 6.07) is 4.70. The molecule has 0 spiro atoms. The summed E-state index contributed by atoms with van der Waals surface area (Å²) in [7, 11) is 1.67. The number of hydrogen-bond donors (Lipinski definition) is 1. The van der Waals surface area contributed by atoms with E-state index in [0.717, 1.165) is 5.56 Å². The first-order chi connectivity index (χ1) is 9.92. The van der Waals surface area contributed by atoms with Gasteiger partial charge in [0.1, 0.15) is 5.82 Å². The molecule has 6 heteroatoms. The van der Waals surface area contributed by atoms with Crippen molar-refractivity contribution in [2.45, 2.75) is 20.4 Å². The van der Waals surface area contributed by atoms with Crippen LogP contribution in [0.15, 0.2) is 18.2 Å². The van der Waals surface area contributed by atoms with E-state index in [0.29, 0.717) is 18.7 Å². The Morgan fingerprint density at radius 2 is 2.05 bits per heavy atom. The van der Waals surface area contributed by atoms with Crippen LogP contribution in [0.2, 0.25) is 0 Å². The number of amides is 1. The minimum Gasteiger partial charge on any atom is -0.465 e. The summed E-state index contributed by atoms with van der Waals surface area (Å²) in [4.78, 5) is 24.6. The van der Waals surface area contributed by atoms with Crippen LogP contribution >= 0.6 is 0 Å². The predicted octanol–water partition coefficient (Wildman–Crippen LogP) is 1.25. The molecule has 0 aliphatic heterocycles. The maximum atomic E-state index is 13.1. The maximum Gasteiger partial charge on any atom is 0.320 e. The molecule has 5 nitrogen and oxygen atoms in total. The van der Waals surface area contributed by atoms with Crippen molar-refractivity contribution in [1.82, 2.24) is 10.2 Å². The van der Waals surface area contributed by atoms with Gasteiger partial charge in [0.05, 0.1) is 19.7 Å². The Morgan fingerprint density at radius 1 is 1.33 bits per heavy atom. The molecule has 1 aromatic rings. The second-order valence-corrected chi connectivity index (χ2v) is 4.84. The molecule has 0 atom stereocenters. The quantitative estimate of drug-likeness (QED) is 0.769. The molecule has 21 heavy (non-hydrogen) atoms. The van der Waals surface area contributed by atoms with Gasteiger partial charge in [-0.25, -0.2) is 4.39 Å². The number of carbonyl (C=O) groups is 2. The second-order valence-electron chi connectivity index (χ2n) is 4.84. The van der Waals surface area contributed by atoms with E-state index in [9.17, 15) is 14.0 Å². The molecule has 0 radical (unpaired) electrons. The van der Waals surface area contributed by atoms with Crippen LogP contribution in [0.5, 0.6) is 0 Å². The van der Waals surface area contributed by atoms with Crippen molar-refractivity contribution in [3.05, 3.63) is 35.1 Å². The van der Waals surface area contributed by atoms with Crippen molar-refractivity contribution in [3.8, 4) is 0 Å². The highest BCUT2D eigenvalue weighted by molar-refractivity contribution is 5.79. The van der Waals surface area contributed by atoms with Crippen LogP contribution in [0.3, 0.4) is 0 Å². The Morgan fingerprint density at radius 3 is 2.67 bits per heavy atom. The molecule has 116 valence electrons. The zero-order valence-electron chi connectivity index (χ0n) is 12.6. The third kappa shape index (κ3) is 6.35. The van der Waals surface area contributed by atoms with Crippen LogP contribution in [0.4, 0.5) is 4.39 Å². The van der Waals surface area contributed by atoms with Crippen LogP contribution in [-0.4, -0.2) is 43.5 Å². The molecule has 0 bridgehead atoms. The van der Waals surface area contributed by atoms with Gasteiger partial charge >= 0.3 is 5.97 Å². The van der Waals surface area contributed by atoms with Gasteiger partial charge in [0, 0.05) is 6.54 Å². The molecule has 0 aromatic heterocycles. The number of benzene rings is 1. The van der Waals surface area contributed by atoms with E-state index in [4.69, 9.17) is 4.74 Å². The van der Waals surface area contributed by atoms with Crippen LogP contribution < -0.4 is 5.32 Å². The second kappa shape index (κ2) is 8.36. The van der Waals surface area contributed by atoms with Crippen LogP contribution in [0, 0.1) is 12.7 Å². The van der Waals surface area contributed by atoms with E-state index in [2.05, 4.69) is 5.32 Å². The number of ether oxygens (including phenoxy) is 1. The number of nitrogens with one attached hydrogen (secondary N) is 1. The fourth-order valence-electron chi connectivity index (χ4n) is 1.80. The van der Waals surface area contributed by atoms with Crippen molar-refractivity contribution < 1.29 is 18.7 Å². The van der Waals surface area contributed by atoms with Gasteiger partial charge < -0.3 is 10.1 Å². The van der Waals surface area contributed by atoms with Crippen LogP contribution in [0.1, 0.15) is 18.1 Å². The average molecular weight is 296 g/mol. The topological polar surface area (TPSA) is 58.6 Å². The Labute approximate surface area is 124 Å². The molecule has 0 heterocycles. The molecule has 0 saturated carbocycles. The number of halogens is 1. The third-order valence-electron chi connectivity index (χ3n) is 2.83. The highest BCUT2D eigenvalue weighted by atomic mass is 19.1. The number of aryl methyl sites for hydroxylation is 1. The lowest BCUT2D eigenvalue weighted by molar-refractivity contribution is -0.144. The molecule has 0 aliphatic rings. The molecule has 0 unspecified atom stereocenters. The van der Waals surface area contributed by atoms with Crippen molar-refractivity contribution in [2.75, 3.05) is 26.7 Å². The number of esters is 1. The minimum absolute atomic E-state index is 0.0664. The number of likely N-dealkylation sites (N-methyl/N-ethyl adjacent to an activating group) is 1. The van der Waals surface area contributed by atoms with Gasteiger partial charge in [-0.05, 0) is 38.1 Å². The van der Waals surface area contributed by atoms with Gasteiger partial charge in [0.25, 0.3) is 0 Å². The predicted molar refractivity (Wildman–Crippen MR) is 77.1 cm³/mol. The van der Waals surface area contributed by atoms with Crippen LogP contribution in [0.25, 0.3) is 0 Å². The highest BCUT2D eigenvalue weighted by Crippen LogP contribution is 2.08. The molecule has 0 aliphatic carbocycles. The van der Waals surface area contributed by atoms with Gasteiger partial charge in [-0.2, -0.15) is 0 Å². The van der Waals surface area contributed by atoms with E-state index >= 15 is 0 Å². The van der Waals surface area contributed by atoms with Crippen molar-refractivity contribution >= 4 is 11.9 Å². The van der Waals surface area contributed by atoms with E-state index in [1.54, 1.807) is 37.9 Å². The van der Waals surface area contributed by atoms with E-state index in [-0.39, 0.29) is 30.8 Å². The lowest BCUT2D eigenvalue weighted by atomic mass is 10.1. The van der Waals surface area contributed by atoms with Gasteiger partial charge in [0.15, 0.2) is 0 Å². The molecule has 1 amide bonds. The van der Waals surface area contributed by atoms with E-state index in [1.165, 1.54) is 6.07 Å². The van der Waals surface area contributed by atoms with E-state index in [1.807, 2.05) is 0 Å². The van der Waals surface area contributed by atoms with Gasteiger partial charge in [-0.15, -0.1) is 0 Å². The highest BCUT2D eigenvalue weighted by Gasteiger charge is 2.11. The normalized spacial score (nSPS) is 10.5. The van der Waals surface area contributed by atoms with Gasteiger partial charge in [-0.1, -0.05) is 12.1 Å². The van der Waals surface area contributed by atoms with Crippen molar-refractivity contribution in [3.63, 3.8) is 0 Å². The first-order valence-electron chi connectivity index (χ1n) is 6.78. The molecule has 1 N–H and O–H groups in total. The molecular formula is C15H21FN2O3. The zero-order chi connectivity index (χ0) is 15.8. The number of nitrogens with zero attached hydrogens (tertiary/aromatic N) is 1. The fraction of sp³-hybridized carbons (Fsp3) is 0.467. The van der Waals surface area contributed by atoms with E-state index < -0.39 is 0 Å². The van der Waals surface area contributed by atoms with Crippen molar-refractivity contribution in [1.29, 1.82) is 0 Å². The Hall–Kier alpha value is -1.95. The first-order valence-corrected chi connectivity index (χ1v) is 6.78. The third-order valence-corrected chi connectivity index (χ3v) is 2.83. The standard InChI is InChI=1S/C15H21FN2O3/c1-4-21-15(20)10-18(3)9-14(19)17-8-12-5-6-13(16)11(2)7-12/h5-7H,4,8-10H2,1-3H3,(H,17,19). The molecule has 1 rings (SSSR count). The SMILES string of the molecule is CCOC(=O)CN(C)CC(=O)NCc1ccc(F)c(C)c1. The summed E-state index contributed by atoms with van der Waals surface area (Å²) in [5.41, 5.74) is 1.37. The lowest BCUT2D eigenvalue weighted by Crippen LogP contribution is -2.37. The molecule has 0 saturated heterocycles. The number of hydrogen-bond acceptors (Lipinski definition) is 4. The summed E-state index contributed by atoms with van der Waals surface area (Å²) in [5.74, 6) is -0.829. The summed E-state index contributed by atoms with van der Waals surface area (Å²) < 4.78 is 17.9. The summed E-state index contributed by atoms with van der Waals surface area (Å²) in [6.07, 6.45) is 0. The summed E-state index contributed by atoms with van der Waals surface area (Å²) >= 11 is 0. The largest absolute Gasteiger partial charge is 0.465 e. The Kier molecular flexibility index (Phi) is 6.81. The Balaban J connectivity index is 2.36. The summed E-state index contributed by atoms with van der Waals surface area (Å²) in [5, 5.41) is 2.73. The summed E-state index contributed by atoms with van der Waals surface area (Å²) in [6.45, 7) is 4.22. The van der Waals surface area contributed by atoms with Gasteiger partial charge in [0.2, 0.25) is 5.91 Å². The minimum atomic E-state index is -0.359. The van der Waals surface area contributed by atoms with Crippen LogP contribution in [-0.2, 0) is 20.9 Å². The molecular weight excluding hydrogens is 275 g/mol. The van der Waals surface area contributed by atoms with Crippen molar-refractivity contribution in [2.24, 2.45) is 0 Å². The van der Waals surface area contributed by atoms with Gasteiger partial charge in [-0.3, -0.25) is 14.5 Å². The Bertz CT molecular complexity index is 506. The number of carbonyl (C=O) groups excluding carboxylic acids is 2. The zero-order valence-corrected chi connectivity index (χ0v) is 12.6. The lowest BCUT2D eigenvalue weighted by Gasteiger charge is -2.15. The smallest absolute Gasteiger partial charge is 0.320 e. The average Bonchev–Trinajstić information content (AvgIpc) is 2.40. The number of rotatable bonds is 7. The monoisotopic (exact) mass is 296 g/mol. The first kappa shape index (κ1) is 17.1. The maximum absolute atomic E-state index is 13.1. The molecule has 0 fully saturated rings. The fourth-order valence-corrected chi connectivity index (χ4v) is 1.80.